The Morgan fingerprint density at radius 3 is 2.60 bits per heavy atom. The molecule has 0 heterocycles. The number of carboxylic acids is 1. The number of hydrogen-bond donors (Lipinski definition) is 4. The van der Waals surface area contributed by atoms with E-state index in [1.54, 1.807) is 12.2 Å². The lowest BCUT2D eigenvalue weighted by atomic mass is 9.88. The van der Waals surface area contributed by atoms with Gasteiger partial charge in [-0.25, -0.2) is 0 Å². The van der Waals surface area contributed by atoms with Crippen LogP contribution in [0.2, 0.25) is 0 Å². The first-order chi connectivity index (χ1) is 12.0. The van der Waals surface area contributed by atoms with Gasteiger partial charge < -0.3 is 20.4 Å². The SMILES string of the molecule is CCCCC/C=C\C[C@@H](O)/C=C/[C@H]1[C@H](CCCC(=O)O)[C@H](O)C[C@@H]1O. The quantitative estimate of drug-likeness (QED) is 0.319. The average Bonchev–Trinajstić information content (AvgIpc) is 2.82. The van der Waals surface area contributed by atoms with Crippen molar-refractivity contribution in [3.63, 3.8) is 0 Å². The van der Waals surface area contributed by atoms with E-state index in [0.29, 0.717) is 25.7 Å². The molecule has 5 heteroatoms. The summed E-state index contributed by atoms with van der Waals surface area (Å²) >= 11 is 0. The van der Waals surface area contributed by atoms with Crippen molar-refractivity contribution in [3.8, 4) is 0 Å². The van der Waals surface area contributed by atoms with Gasteiger partial charge in [0.2, 0.25) is 0 Å². The van der Waals surface area contributed by atoms with Crippen LogP contribution < -0.4 is 0 Å². The summed E-state index contributed by atoms with van der Waals surface area (Å²) in [6.45, 7) is 2.17. The summed E-state index contributed by atoms with van der Waals surface area (Å²) in [5, 5.41) is 39.0. The highest BCUT2D eigenvalue weighted by Crippen LogP contribution is 2.37. The smallest absolute Gasteiger partial charge is 0.303 e. The van der Waals surface area contributed by atoms with Crippen molar-refractivity contribution in [3.05, 3.63) is 24.3 Å². The summed E-state index contributed by atoms with van der Waals surface area (Å²) in [7, 11) is 0. The molecule has 5 nitrogen and oxygen atoms in total. The Kier molecular flexibility index (Phi) is 10.7. The highest BCUT2D eigenvalue weighted by atomic mass is 16.4. The van der Waals surface area contributed by atoms with E-state index in [1.165, 1.54) is 19.3 Å². The van der Waals surface area contributed by atoms with Gasteiger partial charge >= 0.3 is 5.97 Å². The van der Waals surface area contributed by atoms with Crippen LogP contribution in [0, 0.1) is 11.8 Å². The van der Waals surface area contributed by atoms with Crippen molar-refractivity contribution < 1.29 is 25.2 Å². The molecule has 0 aromatic carbocycles. The molecule has 5 atom stereocenters. The molecular formula is C20H34O5. The zero-order chi connectivity index (χ0) is 18.7. The van der Waals surface area contributed by atoms with Crippen molar-refractivity contribution in [2.24, 2.45) is 11.8 Å². The van der Waals surface area contributed by atoms with Crippen LogP contribution in [-0.2, 0) is 4.79 Å². The van der Waals surface area contributed by atoms with E-state index in [0.717, 1.165) is 6.42 Å². The standard InChI is InChI=1S/C20H34O5/c1-2-3-4-5-6-7-9-15(21)12-13-17-16(10-8-11-20(24)25)18(22)14-19(17)23/h6-7,12-13,15-19,21-23H,2-5,8-11,14H2,1H3,(H,24,25)/b7-6-,13-12+/t15-,16+,17+,18-,19+/m1/s1. The minimum atomic E-state index is -0.846. The number of aliphatic hydroxyl groups is 3. The highest BCUT2D eigenvalue weighted by Gasteiger charge is 2.39. The van der Waals surface area contributed by atoms with Crippen LogP contribution >= 0.6 is 0 Å². The van der Waals surface area contributed by atoms with E-state index in [4.69, 9.17) is 5.11 Å². The summed E-state index contributed by atoms with van der Waals surface area (Å²) in [5.41, 5.74) is 0. The molecule has 0 bridgehead atoms. The first kappa shape index (κ1) is 21.9. The molecule has 0 aromatic rings. The van der Waals surface area contributed by atoms with Gasteiger partial charge in [-0.1, -0.05) is 44.1 Å². The molecule has 1 rings (SSSR count). The monoisotopic (exact) mass is 354 g/mol. The lowest BCUT2D eigenvalue weighted by molar-refractivity contribution is -0.137. The second-order valence-electron chi connectivity index (χ2n) is 7.05. The van der Waals surface area contributed by atoms with Gasteiger partial charge in [-0.05, 0) is 38.0 Å². The molecule has 0 aromatic heterocycles. The summed E-state index contributed by atoms with van der Waals surface area (Å²) in [4.78, 5) is 10.6. The molecule has 0 saturated heterocycles. The third kappa shape index (κ3) is 8.66. The molecule has 0 radical (unpaired) electrons. The summed E-state index contributed by atoms with van der Waals surface area (Å²) in [6.07, 6.45) is 12.3. The van der Waals surface area contributed by atoms with E-state index in [1.807, 2.05) is 6.08 Å². The Balaban J connectivity index is 2.44. The zero-order valence-electron chi connectivity index (χ0n) is 15.3. The topological polar surface area (TPSA) is 98.0 Å². The van der Waals surface area contributed by atoms with Crippen LogP contribution in [0.1, 0.15) is 64.7 Å². The van der Waals surface area contributed by atoms with Gasteiger partial charge in [0.1, 0.15) is 0 Å². The second-order valence-corrected chi connectivity index (χ2v) is 7.05. The number of carboxylic acid groups (broad SMARTS) is 1. The molecule has 1 aliphatic carbocycles. The molecule has 144 valence electrons. The Morgan fingerprint density at radius 1 is 1.16 bits per heavy atom. The Morgan fingerprint density at radius 2 is 1.92 bits per heavy atom. The molecule has 0 aliphatic heterocycles. The zero-order valence-corrected chi connectivity index (χ0v) is 15.3. The Hall–Kier alpha value is -1.17. The normalized spacial score (nSPS) is 28.2. The van der Waals surface area contributed by atoms with E-state index >= 15 is 0 Å². The van der Waals surface area contributed by atoms with Gasteiger partial charge in [0.05, 0.1) is 18.3 Å². The fourth-order valence-corrected chi connectivity index (χ4v) is 3.47. The number of aliphatic hydroxyl groups excluding tert-OH is 3. The molecule has 1 aliphatic rings. The van der Waals surface area contributed by atoms with Gasteiger partial charge in [0.15, 0.2) is 0 Å². The molecule has 0 spiro atoms. The van der Waals surface area contributed by atoms with E-state index in [9.17, 15) is 20.1 Å². The van der Waals surface area contributed by atoms with Gasteiger partial charge in [0, 0.05) is 18.8 Å². The Labute approximate surface area is 151 Å². The van der Waals surface area contributed by atoms with Crippen LogP contribution in [0.4, 0.5) is 0 Å². The number of rotatable bonds is 12. The van der Waals surface area contributed by atoms with Gasteiger partial charge in [-0.3, -0.25) is 4.79 Å². The first-order valence-electron chi connectivity index (χ1n) is 9.55. The lowest BCUT2D eigenvalue weighted by Crippen LogP contribution is -2.21. The molecule has 0 unspecified atom stereocenters. The van der Waals surface area contributed by atoms with E-state index in [-0.39, 0.29) is 18.3 Å². The van der Waals surface area contributed by atoms with Crippen molar-refractivity contribution in [1.29, 1.82) is 0 Å². The Bertz CT molecular complexity index is 432. The number of aliphatic carboxylic acids is 1. The van der Waals surface area contributed by atoms with Crippen LogP contribution in [0.3, 0.4) is 0 Å². The maximum Gasteiger partial charge on any atom is 0.303 e. The molecule has 1 fully saturated rings. The molecular weight excluding hydrogens is 320 g/mol. The minimum Gasteiger partial charge on any atom is -0.481 e. The van der Waals surface area contributed by atoms with Gasteiger partial charge in [-0.15, -0.1) is 0 Å². The fourth-order valence-electron chi connectivity index (χ4n) is 3.47. The number of hydrogen-bond acceptors (Lipinski definition) is 4. The maximum absolute atomic E-state index is 10.6. The average molecular weight is 354 g/mol. The van der Waals surface area contributed by atoms with Gasteiger partial charge in [-0.2, -0.15) is 0 Å². The maximum atomic E-state index is 10.6. The van der Waals surface area contributed by atoms with Crippen LogP contribution in [0.5, 0.6) is 0 Å². The van der Waals surface area contributed by atoms with Crippen molar-refractivity contribution in [2.45, 2.75) is 83.0 Å². The van der Waals surface area contributed by atoms with Crippen molar-refractivity contribution in [2.75, 3.05) is 0 Å². The number of unbranched alkanes of at least 4 members (excludes halogenated alkanes) is 3. The molecule has 1 saturated carbocycles. The number of allylic oxidation sites excluding steroid dienone is 1. The predicted octanol–water partition coefficient (Wildman–Crippen LogP) is 3.04. The molecule has 4 N–H and O–H groups in total. The third-order valence-electron chi connectivity index (χ3n) is 4.92. The van der Waals surface area contributed by atoms with E-state index in [2.05, 4.69) is 13.0 Å². The fraction of sp³-hybridized carbons (Fsp3) is 0.750. The van der Waals surface area contributed by atoms with E-state index < -0.39 is 24.3 Å². The largest absolute Gasteiger partial charge is 0.481 e. The summed E-state index contributed by atoms with van der Waals surface area (Å²) in [5.74, 6) is -1.23. The molecule has 0 amide bonds. The third-order valence-corrected chi connectivity index (χ3v) is 4.92. The molecule has 25 heavy (non-hydrogen) atoms. The minimum absolute atomic E-state index is 0.0706. The summed E-state index contributed by atoms with van der Waals surface area (Å²) in [6, 6.07) is 0. The lowest BCUT2D eigenvalue weighted by Gasteiger charge is -2.20. The van der Waals surface area contributed by atoms with Crippen molar-refractivity contribution in [1.82, 2.24) is 0 Å². The number of carbonyl (C=O) groups is 1. The van der Waals surface area contributed by atoms with Crippen LogP contribution in [0.25, 0.3) is 0 Å². The first-order valence-corrected chi connectivity index (χ1v) is 9.55. The van der Waals surface area contributed by atoms with Crippen molar-refractivity contribution >= 4 is 5.97 Å². The van der Waals surface area contributed by atoms with Crippen LogP contribution in [0.15, 0.2) is 24.3 Å². The predicted molar refractivity (Wildman–Crippen MR) is 98.1 cm³/mol. The van der Waals surface area contributed by atoms with Crippen LogP contribution in [-0.4, -0.2) is 44.7 Å². The second kappa shape index (κ2) is 12.2. The summed E-state index contributed by atoms with van der Waals surface area (Å²) < 4.78 is 0. The van der Waals surface area contributed by atoms with Gasteiger partial charge in [0.25, 0.3) is 0 Å². The highest BCUT2D eigenvalue weighted by molar-refractivity contribution is 5.66.